The number of hydrogen-bond acceptors (Lipinski definition) is 2. The highest BCUT2D eigenvalue weighted by molar-refractivity contribution is 7.07. The van der Waals surface area contributed by atoms with Crippen LogP contribution in [0.1, 0.15) is 25.7 Å². The summed E-state index contributed by atoms with van der Waals surface area (Å²) in [6.07, 6.45) is 4.06. The van der Waals surface area contributed by atoms with Gasteiger partial charge in [0.15, 0.2) is 0 Å². The standard InChI is InChI=1S/C42H40O2Si2/c1-7-21-35(22-8-1)45(36-23-9-2-10-24-36,37-25-11-3-12-26-37)43-41-33-19-20-34-42(41)44-46(38-27-13-4-14-28-38,39-29-15-5-16-30-39)40-31-17-6-18-32-40/h1-18,21-32,41-42H,19-20,33-34H2/t41-,42-/m0/s1. The van der Waals surface area contributed by atoms with Crippen molar-refractivity contribution in [2.45, 2.75) is 37.9 Å². The van der Waals surface area contributed by atoms with E-state index >= 15 is 0 Å². The molecule has 0 radical (unpaired) electrons. The van der Waals surface area contributed by atoms with Gasteiger partial charge in [0, 0.05) is 0 Å². The first-order valence-corrected chi connectivity index (χ1v) is 20.3. The largest absolute Gasteiger partial charge is 0.399 e. The van der Waals surface area contributed by atoms with Crippen molar-refractivity contribution in [2.24, 2.45) is 0 Å². The fourth-order valence-electron chi connectivity index (χ4n) is 7.23. The van der Waals surface area contributed by atoms with Crippen LogP contribution in [0.5, 0.6) is 0 Å². The zero-order valence-corrected chi connectivity index (χ0v) is 28.1. The maximum Gasteiger partial charge on any atom is 0.288 e. The molecule has 228 valence electrons. The molecule has 0 heterocycles. The smallest absolute Gasteiger partial charge is 0.288 e. The second kappa shape index (κ2) is 14.0. The molecule has 0 saturated heterocycles. The number of rotatable bonds is 10. The number of hydrogen-bond donors (Lipinski definition) is 0. The Hall–Kier alpha value is -4.33. The zero-order valence-electron chi connectivity index (χ0n) is 26.1. The molecule has 6 aromatic rings. The molecule has 0 N–H and O–H groups in total. The van der Waals surface area contributed by atoms with Gasteiger partial charge in [-0.05, 0) is 44.0 Å². The Labute approximate surface area is 275 Å². The maximum absolute atomic E-state index is 7.84. The SMILES string of the molecule is c1ccc([Si](O[C@H]2CCCC[C@@H]2O[Si](c2ccccc2)(c2ccccc2)c2ccccc2)(c2ccccc2)c2ccccc2)cc1. The highest BCUT2D eigenvalue weighted by Crippen LogP contribution is 2.29. The average molecular weight is 633 g/mol. The van der Waals surface area contributed by atoms with Gasteiger partial charge in [-0.2, -0.15) is 0 Å². The van der Waals surface area contributed by atoms with E-state index in [-0.39, 0.29) is 12.2 Å². The first-order valence-electron chi connectivity index (χ1n) is 16.5. The van der Waals surface area contributed by atoms with E-state index in [1.54, 1.807) is 0 Å². The molecule has 0 aliphatic heterocycles. The molecule has 0 bridgehead atoms. The van der Waals surface area contributed by atoms with Crippen molar-refractivity contribution in [3.63, 3.8) is 0 Å². The van der Waals surface area contributed by atoms with E-state index in [4.69, 9.17) is 8.85 Å². The summed E-state index contributed by atoms with van der Waals surface area (Å²) in [6.45, 7) is 0. The summed E-state index contributed by atoms with van der Waals surface area (Å²) in [6, 6.07) is 65.6. The Kier molecular flexibility index (Phi) is 9.22. The lowest BCUT2D eigenvalue weighted by molar-refractivity contribution is 0.0197. The minimum absolute atomic E-state index is 0.0657. The van der Waals surface area contributed by atoms with Crippen molar-refractivity contribution in [1.82, 2.24) is 0 Å². The van der Waals surface area contributed by atoms with Gasteiger partial charge in [0.2, 0.25) is 0 Å². The Bertz CT molecular complexity index is 1450. The van der Waals surface area contributed by atoms with Gasteiger partial charge in [0.05, 0.1) is 12.2 Å². The second-order valence-electron chi connectivity index (χ2n) is 12.2. The summed E-state index contributed by atoms with van der Waals surface area (Å²) in [7, 11) is -5.86. The van der Waals surface area contributed by atoms with Gasteiger partial charge in [-0.3, -0.25) is 0 Å². The summed E-state index contributed by atoms with van der Waals surface area (Å²) in [5.74, 6) is 0. The Morgan fingerprint density at radius 2 is 0.500 bits per heavy atom. The summed E-state index contributed by atoms with van der Waals surface area (Å²) < 4.78 is 15.7. The lowest BCUT2D eigenvalue weighted by atomic mass is 9.95. The predicted molar refractivity (Wildman–Crippen MR) is 196 cm³/mol. The summed E-state index contributed by atoms with van der Waals surface area (Å²) in [5.41, 5.74) is 0. The first kappa shape index (κ1) is 30.3. The molecule has 0 amide bonds. The summed E-state index contributed by atoms with van der Waals surface area (Å²) in [5, 5.41) is 7.55. The van der Waals surface area contributed by atoms with E-state index in [1.807, 2.05) is 0 Å². The van der Waals surface area contributed by atoms with Gasteiger partial charge in [-0.25, -0.2) is 0 Å². The Morgan fingerprint density at radius 1 is 0.304 bits per heavy atom. The van der Waals surface area contributed by atoms with Crippen LogP contribution in [0, 0.1) is 0 Å². The molecular formula is C42H40O2Si2. The Morgan fingerprint density at radius 3 is 0.696 bits per heavy atom. The summed E-state index contributed by atoms with van der Waals surface area (Å²) >= 11 is 0. The molecule has 0 spiro atoms. The normalized spacial score (nSPS) is 17.0. The predicted octanol–water partition coefficient (Wildman–Crippen LogP) is 5.67. The van der Waals surface area contributed by atoms with Gasteiger partial charge in [-0.1, -0.05) is 195 Å². The van der Waals surface area contributed by atoms with E-state index in [2.05, 4.69) is 182 Å². The molecule has 1 aliphatic carbocycles. The molecular weight excluding hydrogens is 593 g/mol. The third-order valence-corrected chi connectivity index (χ3v) is 17.6. The van der Waals surface area contributed by atoms with Gasteiger partial charge in [0.25, 0.3) is 16.6 Å². The average Bonchev–Trinajstić information content (AvgIpc) is 3.15. The molecule has 0 aromatic heterocycles. The van der Waals surface area contributed by atoms with Crippen molar-refractivity contribution in [1.29, 1.82) is 0 Å². The van der Waals surface area contributed by atoms with E-state index in [0.717, 1.165) is 25.7 Å². The van der Waals surface area contributed by atoms with Crippen LogP contribution in [-0.2, 0) is 8.85 Å². The van der Waals surface area contributed by atoms with E-state index in [0.29, 0.717) is 0 Å². The number of benzene rings is 6. The van der Waals surface area contributed by atoms with Crippen LogP contribution >= 0.6 is 0 Å². The maximum atomic E-state index is 7.84. The van der Waals surface area contributed by atoms with E-state index in [1.165, 1.54) is 31.1 Å². The fourth-order valence-corrected chi connectivity index (χ4v) is 15.5. The third-order valence-electron chi connectivity index (χ3n) is 9.38. The van der Waals surface area contributed by atoms with Crippen LogP contribution < -0.4 is 31.1 Å². The Balaban J connectivity index is 1.39. The van der Waals surface area contributed by atoms with Crippen molar-refractivity contribution in [3.05, 3.63) is 182 Å². The third kappa shape index (κ3) is 5.85. The quantitative estimate of drug-likeness (QED) is 0.143. The molecule has 4 heteroatoms. The highest BCUT2D eigenvalue weighted by atomic mass is 28.4. The van der Waals surface area contributed by atoms with Gasteiger partial charge < -0.3 is 8.85 Å². The second-order valence-corrected chi connectivity index (χ2v) is 18.8. The molecule has 1 aliphatic rings. The van der Waals surface area contributed by atoms with Crippen molar-refractivity contribution in [3.8, 4) is 0 Å². The van der Waals surface area contributed by atoms with Crippen LogP contribution in [0.25, 0.3) is 0 Å². The van der Waals surface area contributed by atoms with Crippen LogP contribution in [0.4, 0.5) is 0 Å². The lowest BCUT2D eigenvalue weighted by Gasteiger charge is -2.44. The first-order chi connectivity index (χ1) is 22.8. The molecule has 2 atom stereocenters. The topological polar surface area (TPSA) is 18.5 Å². The van der Waals surface area contributed by atoms with Crippen LogP contribution in [0.2, 0.25) is 0 Å². The summed E-state index contributed by atoms with van der Waals surface area (Å²) in [4.78, 5) is 0. The van der Waals surface area contributed by atoms with Crippen LogP contribution in [0.15, 0.2) is 182 Å². The minimum Gasteiger partial charge on any atom is -0.399 e. The van der Waals surface area contributed by atoms with E-state index in [9.17, 15) is 0 Å². The monoisotopic (exact) mass is 632 g/mol. The molecule has 46 heavy (non-hydrogen) atoms. The molecule has 0 unspecified atom stereocenters. The molecule has 1 saturated carbocycles. The van der Waals surface area contributed by atoms with Crippen molar-refractivity contribution >= 4 is 47.8 Å². The lowest BCUT2D eigenvalue weighted by Crippen LogP contribution is -2.73. The highest BCUT2D eigenvalue weighted by Gasteiger charge is 2.49. The van der Waals surface area contributed by atoms with Gasteiger partial charge in [-0.15, -0.1) is 0 Å². The minimum atomic E-state index is -2.93. The molecule has 2 nitrogen and oxygen atoms in total. The fraction of sp³-hybridized carbons (Fsp3) is 0.143. The molecule has 1 fully saturated rings. The zero-order chi connectivity index (χ0) is 31.1. The van der Waals surface area contributed by atoms with Crippen LogP contribution in [0.3, 0.4) is 0 Å². The van der Waals surface area contributed by atoms with Gasteiger partial charge >= 0.3 is 0 Å². The van der Waals surface area contributed by atoms with Crippen molar-refractivity contribution < 1.29 is 8.85 Å². The van der Waals surface area contributed by atoms with Crippen LogP contribution in [-0.4, -0.2) is 28.8 Å². The molecule has 6 aromatic carbocycles. The van der Waals surface area contributed by atoms with Crippen molar-refractivity contribution in [2.75, 3.05) is 0 Å². The van der Waals surface area contributed by atoms with E-state index < -0.39 is 16.6 Å². The molecule has 7 rings (SSSR count). The van der Waals surface area contributed by atoms with Gasteiger partial charge in [0.1, 0.15) is 0 Å².